The van der Waals surface area contributed by atoms with E-state index in [1.165, 1.54) is 0 Å². The van der Waals surface area contributed by atoms with Crippen LogP contribution in [-0.4, -0.2) is 4.98 Å². The summed E-state index contributed by atoms with van der Waals surface area (Å²) in [6.07, 6.45) is -2.81. The first-order chi connectivity index (χ1) is 6.60. The van der Waals surface area contributed by atoms with Crippen molar-refractivity contribution in [2.75, 3.05) is 0 Å². The Kier molecular flexibility index (Phi) is 3.47. The second kappa shape index (κ2) is 4.42. The number of aromatic nitrogens is 1. The fourth-order valence-corrected chi connectivity index (χ4v) is 1.58. The van der Waals surface area contributed by atoms with Crippen LogP contribution in [0.2, 0.25) is 0 Å². The van der Waals surface area contributed by atoms with E-state index < -0.39 is 17.9 Å². The molecule has 0 N–H and O–H groups in total. The van der Waals surface area contributed by atoms with Crippen LogP contribution in [0.4, 0.5) is 13.2 Å². The Bertz CT molecular complexity index is 387. The predicted octanol–water partition coefficient (Wildman–Crippen LogP) is 2.92. The highest BCUT2D eigenvalue weighted by Crippen LogP contribution is 2.26. The van der Waals surface area contributed by atoms with E-state index in [0.29, 0.717) is 6.07 Å². The number of nitriles is 1. The topological polar surface area (TPSA) is 36.7 Å². The normalized spacial score (nSPS) is 10.3. The molecule has 0 aliphatic heterocycles. The van der Waals surface area contributed by atoms with E-state index in [-0.39, 0.29) is 16.6 Å². The van der Waals surface area contributed by atoms with Crippen molar-refractivity contribution in [3.8, 4) is 6.07 Å². The molecule has 0 saturated carbocycles. The maximum absolute atomic E-state index is 12.7. The first kappa shape index (κ1) is 11.0. The van der Waals surface area contributed by atoms with Crippen LogP contribution in [0.25, 0.3) is 0 Å². The molecule has 1 aromatic heterocycles. The van der Waals surface area contributed by atoms with Crippen molar-refractivity contribution in [3.05, 3.63) is 28.8 Å². The Labute approximate surface area is 86.5 Å². The molecular formula is C8H4BrF3N2. The summed E-state index contributed by atoms with van der Waals surface area (Å²) in [4.78, 5) is 3.21. The molecule has 0 bridgehead atoms. The van der Waals surface area contributed by atoms with Crippen molar-refractivity contribution < 1.29 is 13.2 Å². The molecule has 74 valence electrons. The molecule has 6 heteroatoms. The molecule has 0 radical (unpaired) electrons. The Morgan fingerprint density at radius 2 is 2.21 bits per heavy atom. The number of pyridine rings is 1. The molecule has 0 unspecified atom stereocenters. The number of rotatable bonds is 2. The summed E-state index contributed by atoms with van der Waals surface area (Å²) in [7, 11) is 0. The fourth-order valence-electron chi connectivity index (χ4n) is 0.986. The number of hydrogen-bond donors (Lipinski definition) is 0. The maximum atomic E-state index is 12.7. The van der Waals surface area contributed by atoms with Crippen LogP contribution in [0.5, 0.6) is 0 Å². The number of hydrogen-bond acceptors (Lipinski definition) is 2. The van der Waals surface area contributed by atoms with Gasteiger partial charge in [0.15, 0.2) is 0 Å². The highest BCUT2D eigenvalue weighted by molar-refractivity contribution is 9.08. The zero-order valence-electron chi connectivity index (χ0n) is 6.77. The van der Waals surface area contributed by atoms with Crippen LogP contribution in [0.1, 0.15) is 23.2 Å². The van der Waals surface area contributed by atoms with Gasteiger partial charge in [-0.25, -0.2) is 13.8 Å². The molecule has 0 aliphatic carbocycles. The lowest BCUT2D eigenvalue weighted by atomic mass is 10.1. The Balaban J connectivity index is 3.41. The lowest BCUT2D eigenvalue weighted by Gasteiger charge is -2.06. The van der Waals surface area contributed by atoms with Gasteiger partial charge in [-0.3, -0.25) is 0 Å². The summed E-state index contributed by atoms with van der Waals surface area (Å²) in [6.45, 7) is 0. The van der Waals surface area contributed by atoms with Crippen molar-refractivity contribution >= 4 is 15.9 Å². The van der Waals surface area contributed by atoms with Crippen LogP contribution in [-0.2, 0) is 5.33 Å². The van der Waals surface area contributed by atoms with E-state index in [1.54, 1.807) is 6.07 Å². The van der Waals surface area contributed by atoms with E-state index in [4.69, 9.17) is 5.26 Å². The Morgan fingerprint density at radius 3 is 2.64 bits per heavy atom. The van der Waals surface area contributed by atoms with Crippen LogP contribution >= 0.6 is 15.9 Å². The SMILES string of the molecule is N#Cc1nc(F)cc(C(F)F)c1CBr. The van der Waals surface area contributed by atoms with Gasteiger partial charge in [0.25, 0.3) is 6.43 Å². The van der Waals surface area contributed by atoms with Gasteiger partial charge in [0.05, 0.1) is 0 Å². The quantitative estimate of drug-likeness (QED) is 0.609. The lowest BCUT2D eigenvalue weighted by molar-refractivity contribution is 0.149. The average Bonchev–Trinajstić information content (AvgIpc) is 2.16. The second-order valence-electron chi connectivity index (χ2n) is 2.41. The van der Waals surface area contributed by atoms with Gasteiger partial charge in [-0.05, 0) is 0 Å². The minimum Gasteiger partial charge on any atom is -0.208 e. The van der Waals surface area contributed by atoms with Gasteiger partial charge >= 0.3 is 0 Å². The van der Waals surface area contributed by atoms with E-state index in [1.807, 2.05) is 0 Å². The van der Waals surface area contributed by atoms with Gasteiger partial charge in [0.2, 0.25) is 5.95 Å². The minimum atomic E-state index is -2.81. The summed E-state index contributed by atoms with van der Waals surface area (Å²) in [5.41, 5.74) is -0.771. The first-order valence-corrected chi connectivity index (χ1v) is 4.65. The Morgan fingerprint density at radius 1 is 1.57 bits per heavy atom. The highest BCUT2D eigenvalue weighted by atomic mass is 79.9. The summed E-state index contributed by atoms with van der Waals surface area (Å²) >= 11 is 2.95. The van der Waals surface area contributed by atoms with Crippen LogP contribution < -0.4 is 0 Å². The van der Waals surface area contributed by atoms with Crippen LogP contribution in [0.15, 0.2) is 6.07 Å². The number of halogens is 4. The number of nitrogens with zero attached hydrogens (tertiary/aromatic N) is 2. The van der Waals surface area contributed by atoms with Crippen molar-refractivity contribution in [3.63, 3.8) is 0 Å². The largest absolute Gasteiger partial charge is 0.264 e. The van der Waals surface area contributed by atoms with Gasteiger partial charge < -0.3 is 0 Å². The molecule has 0 aliphatic rings. The standard InChI is InChI=1S/C8H4BrF3N2/c9-2-5-4(8(11)12)1-7(10)14-6(5)3-13/h1,8H,2H2. The van der Waals surface area contributed by atoms with E-state index in [9.17, 15) is 13.2 Å². The molecular weight excluding hydrogens is 261 g/mol. The van der Waals surface area contributed by atoms with Crippen LogP contribution in [0, 0.1) is 17.3 Å². The molecule has 0 amide bonds. The second-order valence-corrected chi connectivity index (χ2v) is 2.97. The van der Waals surface area contributed by atoms with Crippen molar-refractivity contribution in [2.45, 2.75) is 11.8 Å². The van der Waals surface area contributed by atoms with Crippen molar-refractivity contribution in [1.82, 2.24) is 4.98 Å². The summed E-state index contributed by atoms with van der Waals surface area (Å²) in [5, 5.41) is 8.58. The molecule has 0 spiro atoms. The summed E-state index contributed by atoms with van der Waals surface area (Å²) < 4.78 is 37.5. The first-order valence-electron chi connectivity index (χ1n) is 3.53. The summed E-state index contributed by atoms with van der Waals surface area (Å²) in [6, 6.07) is 2.21. The molecule has 1 aromatic rings. The monoisotopic (exact) mass is 264 g/mol. The fraction of sp³-hybridized carbons (Fsp3) is 0.250. The minimum absolute atomic E-state index is 0.0314. The van der Waals surface area contributed by atoms with E-state index in [2.05, 4.69) is 20.9 Å². The zero-order chi connectivity index (χ0) is 10.7. The third-order valence-electron chi connectivity index (χ3n) is 1.60. The van der Waals surface area contributed by atoms with Gasteiger partial charge in [-0.15, -0.1) is 0 Å². The zero-order valence-corrected chi connectivity index (χ0v) is 8.35. The van der Waals surface area contributed by atoms with Crippen molar-refractivity contribution in [2.24, 2.45) is 0 Å². The van der Waals surface area contributed by atoms with Gasteiger partial charge in [0.1, 0.15) is 11.8 Å². The molecule has 0 fully saturated rings. The van der Waals surface area contributed by atoms with Crippen molar-refractivity contribution in [1.29, 1.82) is 5.26 Å². The average molecular weight is 265 g/mol. The predicted molar refractivity (Wildman–Crippen MR) is 46.5 cm³/mol. The molecule has 14 heavy (non-hydrogen) atoms. The highest BCUT2D eigenvalue weighted by Gasteiger charge is 2.18. The smallest absolute Gasteiger partial charge is 0.208 e. The molecule has 1 rings (SSSR count). The maximum Gasteiger partial charge on any atom is 0.264 e. The van der Waals surface area contributed by atoms with Gasteiger partial charge in [-0.2, -0.15) is 9.65 Å². The molecule has 0 saturated heterocycles. The molecule has 1 heterocycles. The third-order valence-corrected chi connectivity index (χ3v) is 2.16. The van der Waals surface area contributed by atoms with E-state index in [0.717, 1.165) is 0 Å². The van der Waals surface area contributed by atoms with Gasteiger partial charge in [0, 0.05) is 22.5 Å². The van der Waals surface area contributed by atoms with Gasteiger partial charge in [-0.1, -0.05) is 15.9 Å². The molecule has 0 atom stereocenters. The number of alkyl halides is 3. The lowest BCUT2D eigenvalue weighted by Crippen LogP contribution is -2.01. The molecule has 2 nitrogen and oxygen atoms in total. The van der Waals surface area contributed by atoms with E-state index >= 15 is 0 Å². The summed E-state index contributed by atoms with van der Waals surface area (Å²) in [5.74, 6) is -1.07. The van der Waals surface area contributed by atoms with Crippen LogP contribution in [0.3, 0.4) is 0 Å². The third kappa shape index (κ3) is 2.04. The molecule has 0 aromatic carbocycles. The Hall–Kier alpha value is -1.09.